The highest BCUT2D eigenvalue weighted by atomic mass is 32.2. The maximum absolute atomic E-state index is 13.0. The van der Waals surface area contributed by atoms with Gasteiger partial charge in [-0.15, -0.1) is 0 Å². The zero-order valence-corrected chi connectivity index (χ0v) is 12.3. The molecule has 0 aliphatic carbocycles. The topological polar surface area (TPSA) is 71.1 Å². The van der Waals surface area contributed by atoms with E-state index in [1.165, 1.54) is 30.5 Å². The molecule has 0 saturated heterocycles. The number of nitrogens with one attached hydrogen (secondary N) is 2. The highest BCUT2D eigenvalue weighted by Crippen LogP contribution is 2.11. The fourth-order valence-corrected chi connectivity index (χ4v) is 2.70. The zero-order valence-electron chi connectivity index (χ0n) is 11.5. The van der Waals surface area contributed by atoms with E-state index in [4.69, 9.17) is 0 Å². The van der Waals surface area contributed by atoms with Gasteiger partial charge in [0.25, 0.3) is 0 Å². The number of pyridine rings is 1. The Bertz CT molecular complexity index is 702. The van der Waals surface area contributed by atoms with E-state index in [9.17, 15) is 12.8 Å². The Hall–Kier alpha value is -1.99. The summed E-state index contributed by atoms with van der Waals surface area (Å²) >= 11 is 0. The van der Waals surface area contributed by atoms with E-state index in [0.29, 0.717) is 17.9 Å². The molecule has 0 spiro atoms. The average molecular weight is 309 g/mol. The van der Waals surface area contributed by atoms with Crippen LogP contribution in [0, 0.1) is 5.82 Å². The third-order valence-electron chi connectivity index (χ3n) is 2.76. The minimum Gasteiger partial charge on any atom is -0.370 e. The number of rotatable bonds is 6. The highest BCUT2D eigenvalue weighted by molar-refractivity contribution is 7.89. The minimum atomic E-state index is -3.67. The maximum Gasteiger partial charge on any atom is 0.242 e. The molecular weight excluding hydrogens is 293 g/mol. The second kappa shape index (κ2) is 6.64. The Morgan fingerprint density at radius 2 is 2.05 bits per heavy atom. The molecule has 21 heavy (non-hydrogen) atoms. The van der Waals surface area contributed by atoms with Gasteiger partial charge >= 0.3 is 0 Å². The van der Waals surface area contributed by atoms with Crippen molar-refractivity contribution in [1.82, 2.24) is 9.71 Å². The number of nitrogens with zero attached hydrogens (tertiary/aromatic N) is 1. The normalized spacial score (nSPS) is 11.3. The van der Waals surface area contributed by atoms with Gasteiger partial charge in [0.15, 0.2) is 0 Å². The first kappa shape index (κ1) is 15.4. The molecular formula is C14H16FN3O2S. The lowest BCUT2D eigenvalue weighted by molar-refractivity contribution is 0.580. The predicted molar refractivity (Wildman–Crippen MR) is 78.8 cm³/mol. The summed E-state index contributed by atoms with van der Waals surface area (Å²) in [7, 11) is -3.67. The molecule has 0 fully saturated rings. The van der Waals surface area contributed by atoms with E-state index in [1.807, 2.05) is 6.92 Å². The van der Waals surface area contributed by atoms with Crippen LogP contribution in [0.4, 0.5) is 10.2 Å². The molecule has 1 aromatic heterocycles. The monoisotopic (exact) mass is 309 g/mol. The molecule has 112 valence electrons. The van der Waals surface area contributed by atoms with E-state index >= 15 is 0 Å². The lowest BCUT2D eigenvalue weighted by Crippen LogP contribution is -2.23. The van der Waals surface area contributed by atoms with Crippen molar-refractivity contribution >= 4 is 15.8 Å². The van der Waals surface area contributed by atoms with Crippen molar-refractivity contribution in [3.63, 3.8) is 0 Å². The Labute approximate surface area is 123 Å². The summed E-state index contributed by atoms with van der Waals surface area (Å²) in [6, 6.07) is 8.85. The summed E-state index contributed by atoms with van der Waals surface area (Å²) in [5, 5.41) is 2.98. The van der Waals surface area contributed by atoms with Crippen LogP contribution in [0.25, 0.3) is 0 Å². The van der Waals surface area contributed by atoms with Crippen molar-refractivity contribution in [2.24, 2.45) is 0 Å². The third-order valence-corrected chi connectivity index (χ3v) is 4.15. The standard InChI is InChI=1S/C14H16FN3O2S/c1-2-16-14-7-6-13(10-17-14)21(19,20)18-9-11-4-3-5-12(15)8-11/h3-8,10,18H,2,9H2,1H3,(H,16,17). The first-order valence-electron chi connectivity index (χ1n) is 6.45. The molecule has 0 saturated carbocycles. The van der Waals surface area contributed by atoms with E-state index < -0.39 is 15.8 Å². The van der Waals surface area contributed by atoms with Gasteiger partial charge in [-0.25, -0.2) is 22.5 Å². The van der Waals surface area contributed by atoms with Gasteiger partial charge in [0, 0.05) is 19.3 Å². The van der Waals surface area contributed by atoms with Crippen LogP contribution in [0.15, 0.2) is 47.5 Å². The van der Waals surface area contributed by atoms with Crippen LogP contribution in [0.2, 0.25) is 0 Å². The van der Waals surface area contributed by atoms with Gasteiger partial charge in [-0.05, 0) is 36.8 Å². The fraction of sp³-hybridized carbons (Fsp3) is 0.214. The quantitative estimate of drug-likeness (QED) is 0.857. The van der Waals surface area contributed by atoms with Crippen LogP contribution in [0.1, 0.15) is 12.5 Å². The second-order valence-corrected chi connectivity index (χ2v) is 6.13. The molecule has 1 heterocycles. The predicted octanol–water partition coefficient (Wildman–Crippen LogP) is 2.13. The zero-order chi connectivity index (χ0) is 15.3. The van der Waals surface area contributed by atoms with Gasteiger partial charge in [-0.3, -0.25) is 0 Å². The molecule has 0 atom stereocenters. The van der Waals surface area contributed by atoms with Crippen molar-refractivity contribution in [3.8, 4) is 0 Å². The largest absolute Gasteiger partial charge is 0.370 e. The first-order valence-corrected chi connectivity index (χ1v) is 7.93. The molecule has 2 N–H and O–H groups in total. The Balaban J connectivity index is 2.07. The first-order chi connectivity index (χ1) is 10.0. The van der Waals surface area contributed by atoms with Crippen LogP contribution in [0.3, 0.4) is 0 Å². The molecule has 1 aromatic carbocycles. The van der Waals surface area contributed by atoms with E-state index in [1.54, 1.807) is 12.1 Å². The van der Waals surface area contributed by atoms with Crippen LogP contribution < -0.4 is 10.0 Å². The molecule has 0 aliphatic rings. The SMILES string of the molecule is CCNc1ccc(S(=O)(=O)NCc2cccc(F)c2)cn1. The van der Waals surface area contributed by atoms with Crippen LogP contribution in [-0.4, -0.2) is 19.9 Å². The average Bonchev–Trinajstić information content (AvgIpc) is 2.46. The molecule has 0 unspecified atom stereocenters. The smallest absolute Gasteiger partial charge is 0.242 e. The summed E-state index contributed by atoms with van der Waals surface area (Å²) in [5.41, 5.74) is 0.552. The van der Waals surface area contributed by atoms with Crippen molar-refractivity contribution in [1.29, 1.82) is 0 Å². The number of anilines is 1. The van der Waals surface area contributed by atoms with Gasteiger partial charge in [-0.2, -0.15) is 0 Å². The minimum absolute atomic E-state index is 0.0229. The number of hydrogen-bond donors (Lipinski definition) is 2. The number of benzene rings is 1. The molecule has 7 heteroatoms. The van der Waals surface area contributed by atoms with Gasteiger partial charge < -0.3 is 5.32 Å². The van der Waals surface area contributed by atoms with Gasteiger partial charge in [0.1, 0.15) is 16.5 Å². The molecule has 2 aromatic rings. The lowest BCUT2D eigenvalue weighted by Gasteiger charge is -2.08. The van der Waals surface area contributed by atoms with Crippen molar-refractivity contribution < 1.29 is 12.8 Å². The van der Waals surface area contributed by atoms with Gasteiger partial charge in [0.05, 0.1) is 0 Å². The Morgan fingerprint density at radius 3 is 2.67 bits per heavy atom. The third kappa shape index (κ3) is 4.24. The Morgan fingerprint density at radius 1 is 1.24 bits per heavy atom. The molecule has 0 amide bonds. The summed E-state index contributed by atoms with van der Waals surface area (Å²) in [6.07, 6.45) is 1.28. The molecule has 0 radical (unpaired) electrons. The maximum atomic E-state index is 13.0. The summed E-state index contributed by atoms with van der Waals surface area (Å²) < 4.78 is 39.6. The number of halogens is 1. The highest BCUT2D eigenvalue weighted by Gasteiger charge is 2.14. The Kier molecular flexibility index (Phi) is 4.87. The van der Waals surface area contributed by atoms with E-state index in [-0.39, 0.29) is 11.4 Å². The van der Waals surface area contributed by atoms with Gasteiger partial charge in [-0.1, -0.05) is 12.1 Å². The van der Waals surface area contributed by atoms with Crippen molar-refractivity contribution in [2.45, 2.75) is 18.4 Å². The molecule has 2 rings (SSSR count). The van der Waals surface area contributed by atoms with E-state index in [2.05, 4.69) is 15.0 Å². The fourth-order valence-electron chi connectivity index (χ4n) is 1.73. The van der Waals surface area contributed by atoms with E-state index in [0.717, 1.165) is 0 Å². The number of aromatic nitrogens is 1. The number of hydrogen-bond acceptors (Lipinski definition) is 4. The lowest BCUT2D eigenvalue weighted by atomic mass is 10.2. The van der Waals surface area contributed by atoms with Crippen molar-refractivity contribution in [2.75, 3.05) is 11.9 Å². The summed E-state index contributed by atoms with van der Waals surface area (Å²) in [6.45, 7) is 2.65. The van der Waals surface area contributed by atoms with Crippen LogP contribution >= 0.6 is 0 Å². The van der Waals surface area contributed by atoms with Crippen LogP contribution in [-0.2, 0) is 16.6 Å². The van der Waals surface area contributed by atoms with Crippen molar-refractivity contribution in [3.05, 3.63) is 54.0 Å². The molecule has 5 nitrogen and oxygen atoms in total. The molecule has 0 bridgehead atoms. The summed E-state index contributed by atoms with van der Waals surface area (Å²) in [5.74, 6) is 0.213. The second-order valence-electron chi connectivity index (χ2n) is 4.36. The number of sulfonamides is 1. The molecule has 0 aliphatic heterocycles. The van der Waals surface area contributed by atoms with Crippen LogP contribution in [0.5, 0.6) is 0 Å². The summed E-state index contributed by atoms with van der Waals surface area (Å²) in [4.78, 5) is 4.08. The van der Waals surface area contributed by atoms with Gasteiger partial charge in [0.2, 0.25) is 10.0 Å².